The van der Waals surface area contributed by atoms with E-state index >= 15 is 0 Å². The van der Waals surface area contributed by atoms with Crippen LogP contribution >= 0.6 is 34.7 Å². The van der Waals surface area contributed by atoms with Gasteiger partial charge in [-0.2, -0.15) is 0 Å². The maximum Gasteiger partial charge on any atom is 0.152 e. The molecular weight excluding hydrogens is 468 g/mol. The van der Waals surface area contributed by atoms with Gasteiger partial charge in [0.1, 0.15) is 5.75 Å². The second kappa shape index (κ2) is 9.79. The van der Waals surface area contributed by atoms with Crippen LogP contribution in [-0.2, 0) is 0 Å². The van der Waals surface area contributed by atoms with E-state index < -0.39 is 0 Å². The molecule has 0 atom stereocenters. The van der Waals surface area contributed by atoms with Gasteiger partial charge < -0.3 is 5.11 Å². The summed E-state index contributed by atoms with van der Waals surface area (Å²) in [4.78, 5) is 9.38. The zero-order valence-electron chi connectivity index (χ0n) is 17.4. The minimum atomic E-state index is 0.147. The highest BCUT2D eigenvalue weighted by atomic mass is 35.5. The van der Waals surface area contributed by atoms with Gasteiger partial charge in [-0.15, -0.1) is 11.3 Å². The summed E-state index contributed by atoms with van der Waals surface area (Å²) in [5.41, 5.74) is 4.83. The van der Waals surface area contributed by atoms with Crippen LogP contribution in [0.3, 0.4) is 0 Å². The number of phenols is 1. The Balaban J connectivity index is 1.43. The average Bonchev–Trinajstić information content (AvgIpc) is 3.26. The maximum absolute atomic E-state index is 10.00. The molecule has 0 unspecified atom stereocenters. The van der Waals surface area contributed by atoms with Crippen LogP contribution in [0.2, 0.25) is 5.02 Å². The van der Waals surface area contributed by atoms with E-state index in [1.807, 2.05) is 30.3 Å². The van der Waals surface area contributed by atoms with Crippen LogP contribution in [0.15, 0.2) is 106 Å². The van der Waals surface area contributed by atoms with Crippen molar-refractivity contribution in [2.75, 3.05) is 0 Å². The Hall–Kier alpha value is -3.12. The highest BCUT2D eigenvalue weighted by Crippen LogP contribution is 2.43. The van der Waals surface area contributed by atoms with Crippen molar-refractivity contribution in [1.82, 2.24) is 4.98 Å². The van der Waals surface area contributed by atoms with E-state index in [2.05, 4.69) is 53.5 Å². The van der Waals surface area contributed by atoms with Crippen molar-refractivity contribution in [3.05, 3.63) is 119 Å². The van der Waals surface area contributed by atoms with E-state index in [9.17, 15) is 5.11 Å². The lowest BCUT2D eigenvalue weighted by molar-refractivity contribution is 0.474. The number of fused-ring (bicyclic) bond motifs is 1. The zero-order chi connectivity index (χ0) is 22.6. The molecule has 0 aliphatic carbocycles. The van der Waals surface area contributed by atoms with Crippen LogP contribution < -0.4 is 0 Å². The highest BCUT2D eigenvalue weighted by Gasteiger charge is 2.18. The fraction of sp³-hybridized carbons (Fsp3) is 0.0370. The predicted molar refractivity (Wildman–Crippen MR) is 141 cm³/mol. The monoisotopic (exact) mass is 486 g/mol. The molecule has 1 N–H and O–H groups in total. The van der Waals surface area contributed by atoms with E-state index in [0.717, 1.165) is 20.2 Å². The number of aromatic nitrogens is 1. The molecule has 3 nitrogen and oxygen atoms in total. The lowest BCUT2D eigenvalue weighted by Crippen LogP contribution is -1.96. The van der Waals surface area contributed by atoms with Gasteiger partial charge in [-0.1, -0.05) is 84.0 Å². The Morgan fingerprint density at radius 3 is 2.27 bits per heavy atom. The first-order chi connectivity index (χ1) is 16.2. The molecule has 162 valence electrons. The molecule has 1 heterocycles. The molecule has 4 aromatic carbocycles. The van der Waals surface area contributed by atoms with Crippen molar-refractivity contribution >= 4 is 56.8 Å². The van der Waals surface area contributed by atoms with Crippen LogP contribution in [0, 0.1) is 0 Å². The van der Waals surface area contributed by atoms with Crippen molar-refractivity contribution in [2.45, 2.75) is 9.59 Å². The number of aromatic hydroxyl groups is 1. The molecule has 33 heavy (non-hydrogen) atoms. The van der Waals surface area contributed by atoms with Gasteiger partial charge in [0.15, 0.2) is 4.34 Å². The van der Waals surface area contributed by atoms with Crippen molar-refractivity contribution in [3.63, 3.8) is 0 Å². The van der Waals surface area contributed by atoms with Crippen molar-refractivity contribution in [3.8, 4) is 5.75 Å². The third kappa shape index (κ3) is 5.11. The molecule has 0 radical (unpaired) electrons. The number of nitrogens with zero attached hydrogens (tertiary/aromatic N) is 2. The van der Waals surface area contributed by atoms with Crippen LogP contribution in [0.5, 0.6) is 5.75 Å². The first kappa shape index (κ1) is 21.7. The van der Waals surface area contributed by atoms with E-state index in [4.69, 9.17) is 16.6 Å². The molecule has 0 amide bonds. The van der Waals surface area contributed by atoms with Gasteiger partial charge in [0.05, 0.1) is 21.2 Å². The summed E-state index contributed by atoms with van der Waals surface area (Å²) < 4.78 is 2.08. The fourth-order valence-electron chi connectivity index (χ4n) is 3.48. The Labute approximate surface area is 205 Å². The van der Waals surface area contributed by atoms with E-state index in [0.29, 0.717) is 10.6 Å². The van der Waals surface area contributed by atoms with Crippen molar-refractivity contribution in [2.24, 2.45) is 4.99 Å². The minimum Gasteiger partial charge on any atom is -0.507 e. The minimum absolute atomic E-state index is 0.147. The Morgan fingerprint density at radius 1 is 0.879 bits per heavy atom. The van der Waals surface area contributed by atoms with Gasteiger partial charge in [0, 0.05) is 16.8 Å². The predicted octanol–water partition coefficient (Wildman–Crippen LogP) is 8.29. The largest absolute Gasteiger partial charge is 0.507 e. The van der Waals surface area contributed by atoms with E-state index in [-0.39, 0.29) is 11.0 Å². The van der Waals surface area contributed by atoms with Gasteiger partial charge in [-0.25, -0.2) is 4.98 Å². The maximum atomic E-state index is 10.00. The summed E-state index contributed by atoms with van der Waals surface area (Å²) in [6.07, 6.45) is 1.62. The number of halogens is 1. The molecule has 0 saturated carbocycles. The van der Waals surface area contributed by atoms with E-state index in [1.54, 1.807) is 47.5 Å². The molecule has 0 aliphatic heterocycles. The number of rotatable bonds is 6. The number of benzene rings is 4. The fourth-order valence-corrected chi connectivity index (χ4v) is 6.08. The lowest BCUT2D eigenvalue weighted by Gasteiger charge is -2.16. The third-order valence-corrected chi connectivity index (χ3v) is 7.78. The molecule has 1 aromatic heterocycles. The average molecular weight is 487 g/mol. The van der Waals surface area contributed by atoms with Gasteiger partial charge in [-0.05, 0) is 47.5 Å². The normalized spacial score (nSPS) is 11.6. The van der Waals surface area contributed by atoms with Gasteiger partial charge in [0.2, 0.25) is 0 Å². The molecule has 5 rings (SSSR count). The standard InChI is InChI=1S/C27H19ClN2OS2/c28-21-11-14-24(31)20(15-21)17-29-22-12-13-23-25(16-22)32-27(30-23)33-26(18-7-3-1-4-8-18)19-9-5-2-6-10-19/h1-17,26,31H. The van der Waals surface area contributed by atoms with Gasteiger partial charge >= 0.3 is 0 Å². The molecular formula is C27H19ClN2OS2. The Morgan fingerprint density at radius 2 is 1.58 bits per heavy atom. The van der Waals surface area contributed by atoms with Crippen molar-refractivity contribution in [1.29, 1.82) is 0 Å². The van der Waals surface area contributed by atoms with Gasteiger partial charge in [0.25, 0.3) is 0 Å². The number of thiazole rings is 1. The Kier molecular flexibility index (Phi) is 6.44. The summed E-state index contributed by atoms with van der Waals surface area (Å²) in [7, 11) is 0. The molecule has 0 bridgehead atoms. The van der Waals surface area contributed by atoms with E-state index in [1.165, 1.54) is 11.1 Å². The molecule has 0 fully saturated rings. The van der Waals surface area contributed by atoms with Crippen LogP contribution in [0.25, 0.3) is 10.2 Å². The quantitative estimate of drug-likeness (QED) is 0.194. The number of phenolic OH excluding ortho intramolecular Hbond substituents is 1. The van der Waals surface area contributed by atoms with Gasteiger partial charge in [-0.3, -0.25) is 4.99 Å². The Bertz CT molecular complexity index is 1380. The summed E-state index contributed by atoms with van der Waals surface area (Å²) in [6, 6.07) is 31.9. The number of thioether (sulfide) groups is 1. The zero-order valence-corrected chi connectivity index (χ0v) is 19.8. The molecule has 5 aromatic rings. The molecule has 0 spiro atoms. The summed E-state index contributed by atoms with van der Waals surface area (Å²) >= 11 is 9.45. The molecule has 0 saturated heterocycles. The van der Waals surface area contributed by atoms with Crippen LogP contribution in [-0.4, -0.2) is 16.3 Å². The topological polar surface area (TPSA) is 45.5 Å². The van der Waals surface area contributed by atoms with Crippen molar-refractivity contribution < 1.29 is 5.11 Å². The number of hydrogen-bond donors (Lipinski definition) is 1. The first-order valence-electron chi connectivity index (χ1n) is 10.4. The second-order valence-corrected chi connectivity index (χ2v) is 10.2. The lowest BCUT2D eigenvalue weighted by atomic mass is 10.0. The molecule has 6 heteroatoms. The number of hydrogen-bond acceptors (Lipinski definition) is 5. The highest BCUT2D eigenvalue weighted by molar-refractivity contribution is 8.01. The smallest absolute Gasteiger partial charge is 0.152 e. The third-order valence-electron chi connectivity index (χ3n) is 5.12. The summed E-state index contributed by atoms with van der Waals surface area (Å²) in [5.74, 6) is 0.147. The summed E-state index contributed by atoms with van der Waals surface area (Å²) in [5, 5.41) is 10.7. The summed E-state index contributed by atoms with van der Waals surface area (Å²) in [6.45, 7) is 0. The first-order valence-corrected chi connectivity index (χ1v) is 12.4. The number of aliphatic imine (C=N–C) groups is 1. The molecule has 0 aliphatic rings. The second-order valence-electron chi connectivity index (χ2n) is 7.41. The van der Waals surface area contributed by atoms with Crippen LogP contribution in [0.1, 0.15) is 21.9 Å². The van der Waals surface area contributed by atoms with Crippen LogP contribution in [0.4, 0.5) is 5.69 Å². The SMILES string of the molecule is Oc1ccc(Cl)cc1C=Nc1ccc2nc(SC(c3ccccc3)c3ccccc3)sc2c1.